The predicted octanol–water partition coefficient (Wildman–Crippen LogP) is 2.67. The second-order valence-corrected chi connectivity index (χ2v) is 11.0. The number of nitrogens with zero attached hydrogens (tertiary/aromatic N) is 3. The first-order valence-electron chi connectivity index (χ1n) is 14.1. The third kappa shape index (κ3) is 5.82. The maximum Gasteiger partial charge on any atom is 0.268 e. The van der Waals surface area contributed by atoms with Gasteiger partial charge in [0.2, 0.25) is 5.91 Å². The van der Waals surface area contributed by atoms with Crippen LogP contribution in [-0.2, 0) is 16.1 Å². The van der Waals surface area contributed by atoms with Crippen LogP contribution in [0.25, 0.3) is 22.2 Å². The first-order chi connectivity index (χ1) is 19.7. The molecule has 1 aromatic carbocycles. The summed E-state index contributed by atoms with van der Waals surface area (Å²) in [4.78, 5) is 47.3. The minimum Gasteiger partial charge on any atom is -0.506 e. The Balaban J connectivity index is 1.59. The lowest BCUT2D eigenvalue weighted by atomic mass is 9.76. The van der Waals surface area contributed by atoms with Crippen LogP contribution in [0.5, 0.6) is 5.75 Å². The predicted molar refractivity (Wildman–Crippen MR) is 152 cm³/mol. The molecule has 0 radical (unpaired) electrons. The number of hydrogen-bond acceptors (Lipinski definition) is 7. The summed E-state index contributed by atoms with van der Waals surface area (Å²) in [5, 5.41) is 17.1. The van der Waals surface area contributed by atoms with Crippen molar-refractivity contribution in [1.29, 1.82) is 0 Å². The highest BCUT2D eigenvalue weighted by Gasteiger charge is 2.43. The minimum absolute atomic E-state index is 0.213. The van der Waals surface area contributed by atoms with Gasteiger partial charge in [0.05, 0.1) is 18.6 Å². The van der Waals surface area contributed by atoms with E-state index in [1.165, 1.54) is 23.7 Å². The number of aromatic hydroxyl groups is 1. The number of amides is 2. The smallest absolute Gasteiger partial charge is 0.268 e. The molecule has 5 rings (SSSR count). The van der Waals surface area contributed by atoms with Crippen molar-refractivity contribution in [3.8, 4) is 16.9 Å². The van der Waals surface area contributed by atoms with E-state index >= 15 is 0 Å². The highest BCUT2D eigenvalue weighted by atomic mass is 19.1. The minimum atomic E-state index is -1.18. The SMILES string of the molecule is CNC(=O)[C@]1(NC(=O)c2c(O)c3cc(-c4ccc(F)cc4)cnc3n(CCN3CCOCC3)c2=O)CC[C@@H](C)CC1. The summed E-state index contributed by atoms with van der Waals surface area (Å²) < 4.78 is 20.4. The van der Waals surface area contributed by atoms with E-state index in [1.807, 2.05) is 0 Å². The number of hydrogen-bond donors (Lipinski definition) is 3. The molecule has 1 saturated carbocycles. The van der Waals surface area contributed by atoms with Crippen LogP contribution in [0.2, 0.25) is 0 Å². The Labute approximate surface area is 237 Å². The summed E-state index contributed by atoms with van der Waals surface area (Å²) >= 11 is 0. The van der Waals surface area contributed by atoms with E-state index in [1.54, 1.807) is 24.4 Å². The lowest BCUT2D eigenvalue weighted by Crippen LogP contribution is -2.60. The Morgan fingerprint density at radius 1 is 1.12 bits per heavy atom. The molecule has 3 heterocycles. The number of likely N-dealkylation sites (N-methyl/N-ethyl adjacent to an activating group) is 1. The molecular weight excluding hydrogens is 529 g/mol. The molecule has 2 aliphatic rings. The van der Waals surface area contributed by atoms with Gasteiger partial charge in [-0.25, -0.2) is 9.37 Å². The molecule has 2 fully saturated rings. The molecule has 3 aromatic rings. The standard InChI is InChI=1S/C30H36FN5O5/c1-19-7-9-30(10-8-19,29(40)32-2)34-27(38)24-25(37)23-17-21(20-3-5-22(31)6-4-20)18-33-26(23)36(28(24)39)12-11-35-13-15-41-16-14-35/h3-6,17-19,37H,7-16H2,1-2H3,(H,32,40)(H,34,38)/t19-,30+. The number of aromatic nitrogens is 2. The number of morpholine rings is 1. The average molecular weight is 566 g/mol. The molecule has 0 atom stereocenters. The number of nitrogens with one attached hydrogen (secondary N) is 2. The Bertz CT molecular complexity index is 1490. The van der Waals surface area contributed by atoms with Gasteiger partial charge < -0.3 is 20.5 Å². The maximum atomic E-state index is 13.9. The molecule has 218 valence electrons. The number of carbonyl (C=O) groups excluding carboxylic acids is 2. The van der Waals surface area contributed by atoms with Gasteiger partial charge in [-0.2, -0.15) is 0 Å². The monoisotopic (exact) mass is 565 g/mol. The highest BCUT2D eigenvalue weighted by molar-refractivity contribution is 6.04. The topological polar surface area (TPSA) is 126 Å². The molecule has 2 aromatic heterocycles. The van der Waals surface area contributed by atoms with Crippen molar-refractivity contribution in [2.45, 2.75) is 44.7 Å². The van der Waals surface area contributed by atoms with Crippen molar-refractivity contribution in [1.82, 2.24) is 25.1 Å². The number of carbonyl (C=O) groups is 2. The summed E-state index contributed by atoms with van der Waals surface area (Å²) in [6, 6.07) is 7.47. The van der Waals surface area contributed by atoms with Crippen LogP contribution in [0, 0.1) is 11.7 Å². The van der Waals surface area contributed by atoms with E-state index in [0.29, 0.717) is 62.7 Å². The van der Waals surface area contributed by atoms with Crippen LogP contribution in [-0.4, -0.2) is 76.8 Å². The molecule has 1 saturated heterocycles. The number of fused-ring (bicyclic) bond motifs is 1. The van der Waals surface area contributed by atoms with Crippen molar-refractivity contribution < 1.29 is 23.8 Å². The number of ether oxygens (including phenoxy) is 1. The summed E-state index contributed by atoms with van der Waals surface area (Å²) in [5.74, 6) is -1.61. The molecule has 0 unspecified atom stereocenters. The Morgan fingerprint density at radius 3 is 2.46 bits per heavy atom. The van der Waals surface area contributed by atoms with Crippen LogP contribution in [0.4, 0.5) is 4.39 Å². The van der Waals surface area contributed by atoms with Crippen molar-refractivity contribution >= 4 is 22.8 Å². The molecule has 0 bridgehead atoms. The van der Waals surface area contributed by atoms with Gasteiger partial charge in [-0.1, -0.05) is 19.1 Å². The van der Waals surface area contributed by atoms with Gasteiger partial charge in [-0.15, -0.1) is 0 Å². The second kappa shape index (κ2) is 12.0. The fraction of sp³-hybridized carbons (Fsp3) is 0.467. The molecule has 0 spiro atoms. The van der Waals surface area contributed by atoms with Crippen molar-refractivity contribution in [3.63, 3.8) is 0 Å². The average Bonchev–Trinajstić information content (AvgIpc) is 2.98. The van der Waals surface area contributed by atoms with Crippen LogP contribution in [0.1, 0.15) is 43.0 Å². The highest BCUT2D eigenvalue weighted by Crippen LogP contribution is 2.34. The van der Waals surface area contributed by atoms with Gasteiger partial charge in [0.1, 0.15) is 28.3 Å². The van der Waals surface area contributed by atoms with Crippen LogP contribution >= 0.6 is 0 Å². The first kappa shape index (κ1) is 28.7. The van der Waals surface area contributed by atoms with Crippen molar-refractivity contribution in [2.75, 3.05) is 39.9 Å². The summed E-state index contributed by atoms with van der Waals surface area (Å²) in [6.07, 6.45) is 3.90. The third-order valence-electron chi connectivity index (χ3n) is 8.36. The van der Waals surface area contributed by atoms with E-state index in [2.05, 4.69) is 27.4 Å². The third-order valence-corrected chi connectivity index (χ3v) is 8.36. The molecule has 1 aliphatic carbocycles. The molecular formula is C30H36FN5O5. The van der Waals surface area contributed by atoms with Gasteiger partial charge in [-0.3, -0.25) is 23.9 Å². The Hall–Kier alpha value is -3.83. The summed E-state index contributed by atoms with van der Waals surface area (Å²) in [6.45, 7) is 5.48. The molecule has 10 nitrogen and oxygen atoms in total. The van der Waals surface area contributed by atoms with E-state index in [4.69, 9.17) is 4.74 Å². The van der Waals surface area contributed by atoms with Crippen LogP contribution < -0.4 is 16.2 Å². The summed E-state index contributed by atoms with van der Waals surface area (Å²) in [7, 11) is 1.52. The van der Waals surface area contributed by atoms with Gasteiger partial charge >= 0.3 is 0 Å². The van der Waals surface area contributed by atoms with Crippen LogP contribution in [0.15, 0.2) is 41.3 Å². The Morgan fingerprint density at radius 2 is 1.80 bits per heavy atom. The number of benzene rings is 1. The zero-order valence-electron chi connectivity index (χ0n) is 23.4. The lowest BCUT2D eigenvalue weighted by molar-refractivity contribution is -0.128. The Kier molecular flexibility index (Phi) is 8.37. The normalized spacial score (nSPS) is 21.5. The quantitative estimate of drug-likeness (QED) is 0.402. The molecule has 3 N–H and O–H groups in total. The largest absolute Gasteiger partial charge is 0.506 e. The maximum absolute atomic E-state index is 13.9. The summed E-state index contributed by atoms with van der Waals surface area (Å²) in [5.41, 5.74) is -0.819. The van der Waals surface area contributed by atoms with Gasteiger partial charge in [0.25, 0.3) is 11.5 Å². The van der Waals surface area contributed by atoms with Gasteiger partial charge in [0.15, 0.2) is 0 Å². The number of pyridine rings is 2. The first-order valence-corrected chi connectivity index (χ1v) is 14.1. The lowest BCUT2D eigenvalue weighted by Gasteiger charge is -2.38. The molecule has 2 amide bonds. The van der Waals surface area contributed by atoms with Crippen molar-refractivity contribution in [3.05, 3.63) is 58.3 Å². The van der Waals surface area contributed by atoms with Crippen molar-refractivity contribution in [2.24, 2.45) is 5.92 Å². The number of halogens is 1. The molecule has 1 aliphatic heterocycles. The van der Waals surface area contributed by atoms with E-state index in [-0.39, 0.29) is 29.3 Å². The molecule has 41 heavy (non-hydrogen) atoms. The van der Waals surface area contributed by atoms with E-state index < -0.39 is 28.3 Å². The number of rotatable bonds is 7. The zero-order chi connectivity index (χ0) is 29.1. The fourth-order valence-corrected chi connectivity index (χ4v) is 5.78. The van der Waals surface area contributed by atoms with Crippen LogP contribution in [0.3, 0.4) is 0 Å². The fourth-order valence-electron chi connectivity index (χ4n) is 5.78. The van der Waals surface area contributed by atoms with E-state index in [9.17, 15) is 23.9 Å². The second-order valence-electron chi connectivity index (χ2n) is 11.0. The molecule has 11 heteroatoms. The van der Waals surface area contributed by atoms with Gasteiger partial charge in [-0.05, 0) is 55.4 Å². The zero-order valence-corrected chi connectivity index (χ0v) is 23.4. The van der Waals surface area contributed by atoms with Gasteiger partial charge in [0, 0.05) is 45.0 Å². The van der Waals surface area contributed by atoms with E-state index in [0.717, 1.165) is 12.8 Å².